The number of alkyl halides is 3. The number of hydrogen-bond donors (Lipinski definition) is 0. The minimum atomic E-state index is -4.41. The lowest BCUT2D eigenvalue weighted by atomic mass is 9.95. The Hall–Kier alpha value is -0.995. The summed E-state index contributed by atoms with van der Waals surface area (Å²) in [6.45, 7) is 0. The van der Waals surface area contributed by atoms with Crippen LogP contribution in [0.1, 0.15) is 11.3 Å². The molecule has 0 saturated carbocycles. The number of halogens is 3. The number of rotatable bonds is 1. The lowest BCUT2D eigenvalue weighted by molar-refractivity contribution is -0.141. The third-order valence-electron chi connectivity index (χ3n) is 1.38. The molecule has 0 aliphatic rings. The molecule has 1 heterocycles. The summed E-state index contributed by atoms with van der Waals surface area (Å²) in [6.07, 6.45) is -3.46. The van der Waals surface area contributed by atoms with Crippen molar-refractivity contribution in [1.29, 1.82) is 0 Å². The van der Waals surface area contributed by atoms with Gasteiger partial charge in [-0.15, -0.1) is 0 Å². The van der Waals surface area contributed by atoms with Crippen molar-refractivity contribution in [2.45, 2.75) is 12.5 Å². The van der Waals surface area contributed by atoms with Crippen molar-refractivity contribution in [2.24, 2.45) is 0 Å². The van der Waals surface area contributed by atoms with Gasteiger partial charge in [0.25, 0.3) is 0 Å². The highest BCUT2D eigenvalue weighted by Crippen LogP contribution is 2.29. The van der Waals surface area contributed by atoms with Gasteiger partial charge < -0.3 is 0 Å². The molecule has 0 amide bonds. The van der Waals surface area contributed by atoms with Crippen LogP contribution in [0.2, 0.25) is 0 Å². The standard InChI is InChI=1S/C7H5BF3N/c8-4-5-2-1-3-12-6(5)7(9,10)11/h1-3H,4H2. The Bertz CT molecular complexity index is 272. The Morgan fingerprint density at radius 3 is 2.50 bits per heavy atom. The van der Waals surface area contributed by atoms with Gasteiger partial charge in [-0.05, 0) is 11.6 Å². The van der Waals surface area contributed by atoms with Crippen molar-refractivity contribution in [2.75, 3.05) is 0 Å². The topological polar surface area (TPSA) is 12.9 Å². The summed E-state index contributed by atoms with van der Waals surface area (Å²) in [7, 11) is 5.11. The van der Waals surface area contributed by atoms with Crippen LogP contribution in [0.15, 0.2) is 18.3 Å². The summed E-state index contributed by atoms with van der Waals surface area (Å²) in [4.78, 5) is 3.22. The van der Waals surface area contributed by atoms with E-state index < -0.39 is 11.9 Å². The van der Waals surface area contributed by atoms with Crippen molar-refractivity contribution in [3.63, 3.8) is 0 Å². The van der Waals surface area contributed by atoms with Gasteiger partial charge in [-0.3, -0.25) is 4.98 Å². The Morgan fingerprint density at radius 1 is 1.42 bits per heavy atom. The number of nitrogens with zero attached hydrogens (tertiary/aromatic N) is 1. The monoisotopic (exact) mass is 171 g/mol. The van der Waals surface area contributed by atoms with Gasteiger partial charge in [0, 0.05) is 6.20 Å². The molecule has 2 radical (unpaired) electrons. The van der Waals surface area contributed by atoms with E-state index in [0.717, 1.165) is 6.20 Å². The minimum absolute atomic E-state index is 0.0185. The highest BCUT2D eigenvalue weighted by atomic mass is 19.4. The van der Waals surface area contributed by atoms with Gasteiger partial charge in [-0.1, -0.05) is 12.4 Å². The van der Waals surface area contributed by atoms with Gasteiger partial charge in [-0.25, -0.2) is 0 Å². The Balaban J connectivity index is 3.14. The summed E-state index contributed by atoms with van der Waals surface area (Å²) in [5, 5.41) is 0. The first-order valence-electron chi connectivity index (χ1n) is 3.27. The summed E-state index contributed by atoms with van der Waals surface area (Å²) < 4.78 is 36.4. The molecular formula is C7H5BF3N. The third-order valence-corrected chi connectivity index (χ3v) is 1.38. The number of hydrogen-bond acceptors (Lipinski definition) is 1. The molecule has 0 unspecified atom stereocenters. The fourth-order valence-electron chi connectivity index (χ4n) is 0.859. The maximum Gasteiger partial charge on any atom is 0.433 e. The van der Waals surface area contributed by atoms with E-state index in [4.69, 9.17) is 7.85 Å². The summed E-state index contributed by atoms with van der Waals surface area (Å²) in [6, 6.07) is 2.74. The molecule has 0 fully saturated rings. The molecule has 0 bridgehead atoms. The molecule has 0 aliphatic heterocycles. The molecular weight excluding hydrogens is 166 g/mol. The molecule has 1 rings (SSSR count). The van der Waals surface area contributed by atoms with E-state index in [1.807, 2.05) is 0 Å². The van der Waals surface area contributed by atoms with Gasteiger partial charge in [-0.2, -0.15) is 13.2 Å². The van der Waals surface area contributed by atoms with Gasteiger partial charge in [0.1, 0.15) is 5.69 Å². The summed E-state index contributed by atoms with van der Waals surface area (Å²) >= 11 is 0. The van der Waals surface area contributed by atoms with E-state index in [1.54, 1.807) is 0 Å². The maximum atomic E-state index is 12.1. The molecule has 0 atom stereocenters. The van der Waals surface area contributed by atoms with E-state index >= 15 is 0 Å². The number of pyridine rings is 1. The molecule has 1 nitrogen and oxygen atoms in total. The van der Waals surface area contributed by atoms with Crippen molar-refractivity contribution < 1.29 is 13.2 Å². The molecule has 5 heteroatoms. The van der Waals surface area contributed by atoms with Gasteiger partial charge >= 0.3 is 6.18 Å². The van der Waals surface area contributed by atoms with E-state index in [-0.39, 0.29) is 11.9 Å². The zero-order valence-electron chi connectivity index (χ0n) is 6.10. The van der Waals surface area contributed by atoms with Crippen molar-refractivity contribution in [3.8, 4) is 0 Å². The summed E-state index contributed by atoms with van der Waals surface area (Å²) in [5.74, 6) is 0. The molecule has 1 aromatic heterocycles. The second-order valence-electron chi connectivity index (χ2n) is 2.21. The lowest BCUT2D eigenvalue weighted by Gasteiger charge is -2.08. The second kappa shape index (κ2) is 3.17. The molecule has 0 saturated heterocycles. The van der Waals surface area contributed by atoms with Crippen LogP contribution in [0.25, 0.3) is 0 Å². The minimum Gasteiger partial charge on any atom is -0.252 e. The maximum absolute atomic E-state index is 12.1. The first-order chi connectivity index (χ1) is 5.55. The molecule has 1 aromatic rings. The molecule has 62 valence electrons. The van der Waals surface area contributed by atoms with Crippen LogP contribution in [-0.2, 0) is 12.5 Å². The largest absolute Gasteiger partial charge is 0.433 e. The Kier molecular flexibility index (Phi) is 2.40. The first kappa shape index (κ1) is 9.10. The van der Waals surface area contributed by atoms with E-state index in [1.165, 1.54) is 12.1 Å². The quantitative estimate of drug-likeness (QED) is 0.586. The van der Waals surface area contributed by atoms with Gasteiger partial charge in [0.2, 0.25) is 0 Å². The molecule has 0 spiro atoms. The van der Waals surface area contributed by atoms with Crippen LogP contribution in [0, 0.1) is 0 Å². The molecule has 12 heavy (non-hydrogen) atoms. The fourth-order valence-corrected chi connectivity index (χ4v) is 0.859. The van der Waals surface area contributed by atoms with E-state index in [2.05, 4.69) is 4.98 Å². The van der Waals surface area contributed by atoms with Crippen LogP contribution < -0.4 is 0 Å². The van der Waals surface area contributed by atoms with Crippen LogP contribution >= 0.6 is 0 Å². The van der Waals surface area contributed by atoms with Crippen molar-refractivity contribution in [1.82, 2.24) is 4.98 Å². The SMILES string of the molecule is [B]Cc1cccnc1C(F)(F)F. The normalized spacial score (nSPS) is 11.6. The average molecular weight is 171 g/mol. The average Bonchev–Trinajstić information content (AvgIpc) is 2.03. The Morgan fingerprint density at radius 2 is 2.08 bits per heavy atom. The van der Waals surface area contributed by atoms with E-state index in [0.29, 0.717) is 0 Å². The van der Waals surface area contributed by atoms with Crippen LogP contribution in [0.4, 0.5) is 13.2 Å². The first-order valence-corrected chi connectivity index (χ1v) is 3.27. The van der Waals surface area contributed by atoms with Crippen LogP contribution in [0.3, 0.4) is 0 Å². The smallest absolute Gasteiger partial charge is 0.252 e. The zero-order valence-corrected chi connectivity index (χ0v) is 6.10. The molecule has 0 N–H and O–H groups in total. The second-order valence-corrected chi connectivity index (χ2v) is 2.21. The molecule has 0 aliphatic carbocycles. The predicted octanol–water partition coefficient (Wildman–Crippen LogP) is 1.77. The van der Waals surface area contributed by atoms with Crippen molar-refractivity contribution in [3.05, 3.63) is 29.6 Å². The zero-order chi connectivity index (χ0) is 9.19. The molecule has 0 aromatic carbocycles. The Labute approximate surface area is 69.0 Å². The number of aromatic nitrogens is 1. The highest BCUT2D eigenvalue weighted by Gasteiger charge is 2.34. The predicted molar refractivity (Wildman–Crippen MR) is 38.7 cm³/mol. The fraction of sp³-hybridized carbons (Fsp3) is 0.286. The van der Waals surface area contributed by atoms with Gasteiger partial charge in [0.05, 0.1) is 7.85 Å². The van der Waals surface area contributed by atoms with Crippen LogP contribution in [0.5, 0.6) is 0 Å². The summed E-state index contributed by atoms with van der Waals surface area (Å²) in [5.41, 5.74) is -0.877. The third kappa shape index (κ3) is 1.78. The lowest BCUT2D eigenvalue weighted by Crippen LogP contribution is -2.11. The van der Waals surface area contributed by atoms with Crippen LogP contribution in [-0.4, -0.2) is 12.8 Å². The van der Waals surface area contributed by atoms with E-state index in [9.17, 15) is 13.2 Å². The van der Waals surface area contributed by atoms with Gasteiger partial charge in [0.15, 0.2) is 0 Å². The highest BCUT2D eigenvalue weighted by molar-refractivity contribution is 6.08. The van der Waals surface area contributed by atoms with Crippen molar-refractivity contribution >= 4 is 7.85 Å².